The molecule has 0 saturated carbocycles. The van der Waals surface area contributed by atoms with Crippen LogP contribution in [0.4, 0.5) is 0 Å². The van der Waals surface area contributed by atoms with Crippen LogP contribution < -0.4 is 0 Å². The van der Waals surface area contributed by atoms with E-state index in [2.05, 4.69) is 40.9 Å². The average molecular weight is 303 g/mol. The third-order valence-corrected chi connectivity index (χ3v) is 4.03. The Bertz CT molecular complexity index is 682. The van der Waals surface area contributed by atoms with Crippen molar-refractivity contribution in [3.8, 4) is 0 Å². The van der Waals surface area contributed by atoms with E-state index in [1.165, 1.54) is 0 Å². The van der Waals surface area contributed by atoms with Crippen LogP contribution in [0.1, 0.15) is 49.6 Å². The van der Waals surface area contributed by atoms with Crippen LogP contribution in [0.15, 0.2) is 12.4 Å². The Morgan fingerprint density at radius 2 is 2.27 bits per heavy atom. The second-order valence-electron chi connectivity index (χ2n) is 6.76. The number of rotatable bonds is 3. The highest BCUT2D eigenvalue weighted by atomic mass is 16.4. The molecule has 0 aliphatic carbocycles. The van der Waals surface area contributed by atoms with Gasteiger partial charge < -0.3 is 10.1 Å². The summed E-state index contributed by atoms with van der Waals surface area (Å²) >= 11 is 0. The molecule has 0 fully saturated rings. The van der Waals surface area contributed by atoms with Crippen LogP contribution in [0.3, 0.4) is 0 Å². The molecule has 0 bridgehead atoms. The molecule has 1 unspecified atom stereocenters. The van der Waals surface area contributed by atoms with Gasteiger partial charge in [0.2, 0.25) is 0 Å². The average Bonchev–Trinajstić information content (AvgIpc) is 3.05. The molecule has 22 heavy (non-hydrogen) atoms. The Morgan fingerprint density at radius 1 is 1.50 bits per heavy atom. The van der Waals surface area contributed by atoms with E-state index in [0.29, 0.717) is 18.8 Å². The summed E-state index contributed by atoms with van der Waals surface area (Å²) < 4.78 is 0. The lowest BCUT2D eigenvalue weighted by molar-refractivity contribution is -0.144. The van der Waals surface area contributed by atoms with Gasteiger partial charge in [0.1, 0.15) is 0 Å². The van der Waals surface area contributed by atoms with E-state index in [9.17, 15) is 9.90 Å². The lowest BCUT2D eigenvalue weighted by Crippen LogP contribution is -2.39. The molecular formula is C15H21N5O2. The molecule has 3 N–H and O–H groups in total. The number of imidazole rings is 1. The van der Waals surface area contributed by atoms with Crippen LogP contribution in [0, 0.1) is 0 Å². The highest BCUT2D eigenvalue weighted by molar-refractivity contribution is 5.75. The first kappa shape index (κ1) is 14.8. The maximum Gasteiger partial charge on any atom is 0.327 e. The molecule has 0 radical (unpaired) electrons. The first-order valence-electron chi connectivity index (χ1n) is 7.40. The van der Waals surface area contributed by atoms with Gasteiger partial charge in [-0.2, -0.15) is 5.10 Å². The Kier molecular flexibility index (Phi) is 3.52. The van der Waals surface area contributed by atoms with Crippen LogP contribution in [-0.4, -0.2) is 42.7 Å². The molecule has 3 heterocycles. The van der Waals surface area contributed by atoms with Crippen LogP contribution in [-0.2, 0) is 23.2 Å². The van der Waals surface area contributed by atoms with Crippen molar-refractivity contribution >= 4 is 5.97 Å². The number of hydrogen-bond donors (Lipinski definition) is 3. The molecule has 1 aliphatic heterocycles. The van der Waals surface area contributed by atoms with Gasteiger partial charge in [0, 0.05) is 36.3 Å². The van der Waals surface area contributed by atoms with E-state index in [4.69, 9.17) is 0 Å². The summed E-state index contributed by atoms with van der Waals surface area (Å²) in [5.41, 5.74) is 3.41. The summed E-state index contributed by atoms with van der Waals surface area (Å²) in [6.07, 6.45) is 2.34. The van der Waals surface area contributed by atoms with E-state index in [1.807, 2.05) is 11.0 Å². The molecule has 3 rings (SSSR count). The number of H-pyrrole nitrogens is 2. The smallest absolute Gasteiger partial charge is 0.327 e. The molecule has 2 aromatic rings. The fraction of sp³-hybridized carbons (Fsp3) is 0.533. The number of hydrogen-bond acceptors (Lipinski definition) is 4. The number of aliphatic carboxylic acids is 1. The third-order valence-electron chi connectivity index (χ3n) is 4.03. The molecule has 2 aromatic heterocycles. The van der Waals surface area contributed by atoms with Crippen molar-refractivity contribution in [3.63, 3.8) is 0 Å². The second kappa shape index (κ2) is 5.24. The third kappa shape index (κ3) is 2.64. The Morgan fingerprint density at radius 3 is 2.91 bits per heavy atom. The number of carbonyl (C=O) groups is 1. The molecule has 0 aromatic carbocycles. The van der Waals surface area contributed by atoms with Gasteiger partial charge in [0.15, 0.2) is 6.04 Å². The summed E-state index contributed by atoms with van der Waals surface area (Å²) in [7, 11) is 0. The number of nitrogens with one attached hydrogen (secondary N) is 2. The van der Waals surface area contributed by atoms with Crippen LogP contribution >= 0.6 is 0 Å². The van der Waals surface area contributed by atoms with Crippen molar-refractivity contribution in [1.29, 1.82) is 0 Å². The van der Waals surface area contributed by atoms with E-state index in [1.54, 1.807) is 6.33 Å². The molecule has 1 atom stereocenters. The number of aromatic amines is 2. The van der Waals surface area contributed by atoms with Gasteiger partial charge >= 0.3 is 5.97 Å². The summed E-state index contributed by atoms with van der Waals surface area (Å²) in [4.78, 5) is 20.8. The van der Waals surface area contributed by atoms with Crippen LogP contribution in [0.25, 0.3) is 0 Å². The topological polar surface area (TPSA) is 97.9 Å². The SMILES string of the molecule is CC(C)(C)c1cc(CN2CCc3[nH]cnc3C2C(=O)O)[nH]n1. The maximum absolute atomic E-state index is 11.7. The van der Waals surface area contributed by atoms with Crippen molar-refractivity contribution in [2.75, 3.05) is 6.54 Å². The predicted octanol–water partition coefficient (Wildman–Crippen LogP) is 1.61. The van der Waals surface area contributed by atoms with Gasteiger partial charge in [-0.25, -0.2) is 4.98 Å². The molecule has 7 nitrogen and oxygen atoms in total. The minimum Gasteiger partial charge on any atom is -0.480 e. The van der Waals surface area contributed by atoms with Crippen molar-refractivity contribution in [1.82, 2.24) is 25.1 Å². The van der Waals surface area contributed by atoms with Crippen LogP contribution in [0.5, 0.6) is 0 Å². The van der Waals surface area contributed by atoms with Gasteiger partial charge in [-0.15, -0.1) is 0 Å². The molecule has 0 saturated heterocycles. The fourth-order valence-corrected chi connectivity index (χ4v) is 2.81. The number of nitrogens with zero attached hydrogens (tertiary/aromatic N) is 3. The molecule has 1 aliphatic rings. The lowest BCUT2D eigenvalue weighted by atomic mass is 9.92. The van der Waals surface area contributed by atoms with E-state index in [0.717, 1.165) is 23.5 Å². The lowest BCUT2D eigenvalue weighted by Gasteiger charge is -2.31. The number of fused-ring (bicyclic) bond motifs is 1. The second-order valence-corrected chi connectivity index (χ2v) is 6.76. The number of carboxylic acid groups (broad SMARTS) is 1. The zero-order valence-electron chi connectivity index (χ0n) is 13.1. The normalized spacial score (nSPS) is 19.1. The number of aromatic nitrogens is 4. The van der Waals surface area contributed by atoms with Crippen molar-refractivity contribution in [2.24, 2.45) is 0 Å². The summed E-state index contributed by atoms with van der Waals surface area (Å²) in [5.74, 6) is -0.872. The van der Waals surface area contributed by atoms with Crippen molar-refractivity contribution in [2.45, 2.75) is 45.2 Å². The Hall–Kier alpha value is -2.15. The van der Waals surface area contributed by atoms with Crippen molar-refractivity contribution < 1.29 is 9.90 Å². The molecule has 118 valence electrons. The first-order chi connectivity index (χ1) is 10.4. The zero-order valence-corrected chi connectivity index (χ0v) is 13.1. The summed E-state index contributed by atoms with van der Waals surface area (Å²) in [6.45, 7) is 7.50. The summed E-state index contributed by atoms with van der Waals surface area (Å²) in [6, 6.07) is 1.30. The minimum absolute atomic E-state index is 0.0296. The minimum atomic E-state index is -0.872. The van der Waals surface area contributed by atoms with E-state index >= 15 is 0 Å². The largest absolute Gasteiger partial charge is 0.480 e. The predicted molar refractivity (Wildman–Crippen MR) is 80.4 cm³/mol. The van der Waals surface area contributed by atoms with Gasteiger partial charge in [-0.3, -0.25) is 14.8 Å². The van der Waals surface area contributed by atoms with Gasteiger partial charge in [0.25, 0.3) is 0 Å². The Balaban J connectivity index is 1.83. The Labute approximate surface area is 128 Å². The molecule has 0 amide bonds. The van der Waals surface area contributed by atoms with E-state index < -0.39 is 12.0 Å². The monoisotopic (exact) mass is 303 g/mol. The highest BCUT2D eigenvalue weighted by Crippen LogP contribution is 2.29. The zero-order chi connectivity index (χ0) is 15.9. The molecular weight excluding hydrogens is 282 g/mol. The fourth-order valence-electron chi connectivity index (χ4n) is 2.81. The summed E-state index contributed by atoms with van der Waals surface area (Å²) in [5, 5.41) is 16.9. The first-order valence-corrected chi connectivity index (χ1v) is 7.40. The van der Waals surface area contributed by atoms with Gasteiger partial charge in [0.05, 0.1) is 17.7 Å². The van der Waals surface area contributed by atoms with Gasteiger partial charge in [-0.1, -0.05) is 20.8 Å². The van der Waals surface area contributed by atoms with Gasteiger partial charge in [-0.05, 0) is 6.07 Å². The molecule has 0 spiro atoms. The molecule has 7 heteroatoms. The van der Waals surface area contributed by atoms with Crippen molar-refractivity contribution in [3.05, 3.63) is 35.2 Å². The quantitative estimate of drug-likeness (QED) is 0.800. The highest BCUT2D eigenvalue weighted by Gasteiger charge is 2.35. The standard InChI is InChI=1S/C15H21N5O2/c1-15(2,3)11-6-9(18-19-11)7-20-5-4-10-12(17-8-16-10)13(20)14(21)22/h6,8,13H,4-5,7H2,1-3H3,(H,16,17)(H,18,19)(H,21,22). The maximum atomic E-state index is 11.7. The van der Waals surface area contributed by atoms with Crippen LogP contribution in [0.2, 0.25) is 0 Å². The number of carboxylic acids is 1. The van der Waals surface area contributed by atoms with E-state index in [-0.39, 0.29) is 5.41 Å².